The second-order valence-corrected chi connectivity index (χ2v) is 7.78. The van der Waals surface area contributed by atoms with E-state index in [9.17, 15) is 14.7 Å². The summed E-state index contributed by atoms with van der Waals surface area (Å²) < 4.78 is 0. The van der Waals surface area contributed by atoms with Gasteiger partial charge in [0.25, 0.3) is 0 Å². The minimum Gasteiger partial charge on any atom is -0.388 e. The summed E-state index contributed by atoms with van der Waals surface area (Å²) in [6.45, 7) is 5.62. The van der Waals surface area contributed by atoms with Crippen molar-refractivity contribution in [1.29, 1.82) is 0 Å². The number of benzene rings is 1. The minimum atomic E-state index is -0.886. The topological polar surface area (TPSA) is 60.9 Å². The van der Waals surface area contributed by atoms with Gasteiger partial charge in [0.05, 0.1) is 5.60 Å². The number of rotatable bonds is 4. The summed E-state index contributed by atoms with van der Waals surface area (Å²) in [5.41, 5.74) is 0.130. The zero-order chi connectivity index (χ0) is 18.7. The molecule has 2 aliphatic heterocycles. The van der Waals surface area contributed by atoms with Gasteiger partial charge in [-0.1, -0.05) is 30.3 Å². The van der Waals surface area contributed by atoms with Gasteiger partial charge in [-0.3, -0.25) is 9.59 Å². The summed E-state index contributed by atoms with van der Waals surface area (Å²) >= 11 is 5.91. The number of carbonyl (C=O) groups excluding carboxylic acids is 2. The lowest BCUT2D eigenvalue weighted by atomic mass is 9.93. The fraction of sp³-hybridized carbons (Fsp3) is 0.500. The Hall–Kier alpha value is -1.85. The van der Waals surface area contributed by atoms with Crippen LogP contribution in [0.2, 0.25) is 5.02 Å². The van der Waals surface area contributed by atoms with Gasteiger partial charge in [-0.2, -0.15) is 0 Å². The van der Waals surface area contributed by atoms with Crippen molar-refractivity contribution in [3.63, 3.8) is 0 Å². The van der Waals surface area contributed by atoms with E-state index in [2.05, 4.69) is 6.58 Å². The lowest BCUT2D eigenvalue weighted by Crippen LogP contribution is -2.45. The Balaban J connectivity index is 1.54. The van der Waals surface area contributed by atoms with Crippen LogP contribution in [0, 0.1) is 5.92 Å². The third kappa shape index (κ3) is 4.27. The number of carbonyl (C=O) groups is 2. The average Bonchev–Trinajstić information content (AvgIpc) is 3.04. The highest BCUT2D eigenvalue weighted by Crippen LogP contribution is 2.29. The number of hydrogen-bond acceptors (Lipinski definition) is 3. The van der Waals surface area contributed by atoms with E-state index < -0.39 is 5.60 Å². The Morgan fingerprint density at radius 2 is 1.85 bits per heavy atom. The van der Waals surface area contributed by atoms with Gasteiger partial charge in [-0.25, -0.2) is 0 Å². The van der Waals surface area contributed by atoms with Crippen molar-refractivity contribution in [2.45, 2.75) is 31.3 Å². The molecule has 1 aromatic carbocycles. The van der Waals surface area contributed by atoms with E-state index in [1.54, 1.807) is 9.80 Å². The molecule has 5 nitrogen and oxygen atoms in total. The normalized spacial score (nSPS) is 23.9. The number of likely N-dealkylation sites (tertiary alicyclic amines) is 2. The number of amides is 2. The molecule has 140 valence electrons. The highest BCUT2D eigenvalue weighted by atomic mass is 35.5. The van der Waals surface area contributed by atoms with Gasteiger partial charge in [0, 0.05) is 43.5 Å². The van der Waals surface area contributed by atoms with Crippen LogP contribution >= 0.6 is 11.6 Å². The van der Waals surface area contributed by atoms with Crippen LogP contribution in [-0.4, -0.2) is 58.5 Å². The monoisotopic (exact) mass is 376 g/mol. The van der Waals surface area contributed by atoms with E-state index in [4.69, 9.17) is 11.6 Å². The first kappa shape index (κ1) is 18.9. The number of piperidine rings is 1. The summed E-state index contributed by atoms with van der Waals surface area (Å²) in [5, 5.41) is 11.6. The molecule has 0 radical (unpaired) electrons. The molecule has 0 spiro atoms. The maximum atomic E-state index is 12.8. The highest BCUT2D eigenvalue weighted by molar-refractivity contribution is 6.30. The molecule has 1 N–H and O–H groups in total. The fourth-order valence-electron chi connectivity index (χ4n) is 3.91. The van der Waals surface area contributed by atoms with Crippen molar-refractivity contribution in [2.75, 3.05) is 26.2 Å². The van der Waals surface area contributed by atoms with Crippen LogP contribution in [0.15, 0.2) is 36.9 Å². The second kappa shape index (κ2) is 7.80. The van der Waals surface area contributed by atoms with Crippen molar-refractivity contribution >= 4 is 23.4 Å². The first-order valence-corrected chi connectivity index (χ1v) is 9.45. The molecule has 1 aromatic rings. The highest BCUT2D eigenvalue weighted by Gasteiger charge is 2.40. The van der Waals surface area contributed by atoms with Gasteiger partial charge in [-0.05, 0) is 43.0 Å². The maximum Gasteiger partial charge on any atom is 0.245 e. The average molecular weight is 377 g/mol. The number of β-amino-alcohol motifs (C(OH)–C–C–N with tert-alkyl or cyclic N) is 1. The Bertz CT molecular complexity index is 683. The molecular weight excluding hydrogens is 352 g/mol. The third-order valence-electron chi connectivity index (χ3n) is 5.42. The molecule has 0 aliphatic carbocycles. The summed E-state index contributed by atoms with van der Waals surface area (Å²) in [7, 11) is 0. The van der Waals surface area contributed by atoms with E-state index in [0.717, 1.165) is 5.56 Å². The molecule has 2 aliphatic rings. The first-order valence-electron chi connectivity index (χ1n) is 9.07. The zero-order valence-electron chi connectivity index (χ0n) is 14.9. The van der Waals surface area contributed by atoms with Crippen LogP contribution in [-0.2, 0) is 16.0 Å². The van der Waals surface area contributed by atoms with Crippen molar-refractivity contribution in [1.82, 2.24) is 9.80 Å². The quantitative estimate of drug-likeness (QED) is 0.820. The number of nitrogens with zero attached hydrogens (tertiary/aromatic N) is 2. The summed E-state index contributed by atoms with van der Waals surface area (Å²) in [5.74, 6) is -0.0427. The van der Waals surface area contributed by atoms with E-state index in [1.807, 2.05) is 24.3 Å². The lowest BCUT2D eigenvalue weighted by Gasteiger charge is -2.33. The predicted molar refractivity (Wildman–Crippen MR) is 101 cm³/mol. The van der Waals surface area contributed by atoms with Gasteiger partial charge >= 0.3 is 0 Å². The van der Waals surface area contributed by atoms with Crippen LogP contribution in [0.1, 0.15) is 24.8 Å². The van der Waals surface area contributed by atoms with Crippen molar-refractivity contribution < 1.29 is 14.7 Å². The molecule has 3 rings (SSSR count). The molecule has 6 heteroatoms. The zero-order valence-corrected chi connectivity index (χ0v) is 15.6. The van der Waals surface area contributed by atoms with Crippen LogP contribution in [0.4, 0.5) is 0 Å². The largest absolute Gasteiger partial charge is 0.388 e. The van der Waals surface area contributed by atoms with E-state index in [-0.39, 0.29) is 17.7 Å². The van der Waals surface area contributed by atoms with Gasteiger partial charge in [0.2, 0.25) is 11.8 Å². The molecule has 1 atom stereocenters. The summed E-state index contributed by atoms with van der Waals surface area (Å²) in [6, 6.07) is 7.46. The van der Waals surface area contributed by atoms with Crippen molar-refractivity contribution in [3.05, 3.63) is 47.5 Å². The van der Waals surface area contributed by atoms with Gasteiger partial charge < -0.3 is 14.9 Å². The lowest BCUT2D eigenvalue weighted by molar-refractivity contribution is -0.139. The van der Waals surface area contributed by atoms with Gasteiger partial charge in [0.15, 0.2) is 0 Å². The molecule has 2 heterocycles. The molecule has 26 heavy (non-hydrogen) atoms. The van der Waals surface area contributed by atoms with Crippen molar-refractivity contribution in [3.8, 4) is 0 Å². The van der Waals surface area contributed by atoms with E-state index in [0.29, 0.717) is 56.9 Å². The predicted octanol–water partition coefficient (Wildman–Crippen LogP) is 2.27. The molecule has 2 saturated heterocycles. The smallest absolute Gasteiger partial charge is 0.245 e. The molecular formula is C20H25ClN2O3. The molecule has 0 saturated carbocycles. The van der Waals surface area contributed by atoms with Gasteiger partial charge in [-0.15, -0.1) is 0 Å². The Kier molecular flexibility index (Phi) is 5.68. The van der Waals surface area contributed by atoms with E-state index >= 15 is 0 Å². The molecule has 1 unspecified atom stereocenters. The van der Waals surface area contributed by atoms with Gasteiger partial charge in [0.1, 0.15) is 0 Å². The minimum absolute atomic E-state index is 0.0678. The Morgan fingerprint density at radius 3 is 2.46 bits per heavy atom. The van der Waals surface area contributed by atoms with E-state index in [1.165, 1.54) is 6.08 Å². The molecule has 0 bridgehead atoms. The summed E-state index contributed by atoms with van der Waals surface area (Å²) in [4.78, 5) is 28.0. The van der Waals surface area contributed by atoms with Crippen LogP contribution < -0.4 is 0 Å². The SMILES string of the molecule is C=CC(=O)N1CCC(C(=O)N2CCC(O)(Cc3ccc(Cl)cc3)C2)CC1. The van der Waals surface area contributed by atoms with Crippen molar-refractivity contribution in [2.24, 2.45) is 5.92 Å². The first-order chi connectivity index (χ1) is 12.4. The third-order valence-corrected chi connectivity index (χ3v) is 5.67. The van der Waals surface area contributed by atoms with Crippen LogP contribution in [0.5, 0.6) is 0 Å². The number of aliphatic hydroxyl groups is 1. The van der Waals surface area contributed by atoms with Crippen LogP contribution in [0.3, 0.4) is 0 Å². The molecule has 0 aromatic heterocycles. The molecule has 2 fully saturated rings. The standard InChI is InChI=1S/C20H25ClN2O3/c1-2-18(24)22-10-7-16(8-11-22)19(25)23-12-9-20(26,14-23)13-15-3-5-17(21)6-4-15/h2-6,16,26H,1,7-14H2. The number of hydrogen-bond donors (Lipinski definition) is 1. The Labute approximate surface area is 159 Å². The maximum absolute atomic E-state index is 12.8. The van der Waals surface area contributed by atoms with Crippen LogP contribution in [0.25, 0.3) is 0 Å². The summed E-state index contributed by atoms with van der Waals surface area (Å²) in [6.07, 6.45) is 3.75. The fourth-order valence-corrected chi connectivity index (χ4v) is 4.03. The molecule has 2 amide bonds. The second-order valence-electron chi connectivity index (χ2n) is 7.34. The number of halogens is 1. The Morgan fingerprint density at radius 1 is 1.19 bits per heavy atom.